The Labute approximate surface area is 198 Å². The summed E-state index contributed by atoms with van der Waals surface area (Å²) in [5.74, 6) is 1.41. The number of hydrogen-bond acceptors (Lipinski definition) is 9. The predicted octanol–water partition coefficient (Wildman–Crippen LogP) is 2.42. The van der Waals surface area contributed by atoms with Crippen molar-refractivity contribution in [3.63, 3.8) is 0 Å². The molecule has 0 unspecified atom stereocenters. The van der Waals surface area contributed by atoms with E-state index in [1.54, 1.807) is 18.5 Å². The van der Waals surface area contributed by atoms with E-state index in [-0.39, 0.29) is 0 Å². The molecular weight excluding hydrogens is 444 g/mol. The van der Waals surface area contributed by atoms with Gasteiger partial charge in [0.2, 0.25) is 5.95 Å². The summed E-state index contributed by atoms with van der Waals surface area (Å²) in [6, 6.07) is 3.83. The Morgan fingerprint density at radius 1 is 1.03 bits per heavy atom. The van der Waals surface area contributed by atoms with Gasteiger partial charge in [-0.2, -0.15) is 4.98 Å². The highest BCUT2D eigenvalue weighted by atomic mass is 32.2. The summed E-state index contributed by atoms with van der Waals surface area (Å²) in [4.78, 5) is 22.8. The standard InChI is InChI=1S/C21H30N8OS2/c31-20(22-8-11-28-12-14-30-15-13-28)27-19-25-17(29-9-3-1-2-4-10-29)16-18(26-19)32-21-23-6-5-7-24-21/h5-7,16H,1-4,8-15H2,(H2,22,25,26,27,31). The lowest BCUT2D eigenvalue weighted by atomic mass is 10.2. The van der Waals surface area contributed by atoms with E-state index in [0.717, 1.165) is 63.3 Å². The van der Waals surface area contributed by atoms with Crippen molar-refractivity contribution in [3.8, 4) is 0 Å². The van der Waals surface area contributed by atoms with Crippen molar-refractivity contribution in [2.24, 2.45) is 0 Å². The first kappa shape index (κ1) is 23.1. The highest BCUT2D eigenvalue weighted by Crippen LogP contribution is 2.27. The normalized spacial score (nSPS) is 17.6. The third-order valence-corrected chi connectivity index (χ3v) is 6.46. The average molecular weight is 475 g/mol. The Balaban J connectivity index is 1.42. The van der Waals surface area contributed by atoms with E-state index >= 15 is 0 Å². The summed E-state index contributed by atoms with van der Waals surface area (Å²) in [5.41, 5.74) is 0. The molecule has 2 saturated heterocycles. The van der Waals surface area contributed by atoms with Crippen molar-refractivity contribution < 1.29 is 4.74 Å². The number of morpholine rings is 1. The molecule has 2 fully saturated rings. The summed E-state index contributed by atoms with van der Waals surface area (Å²) in [7, 11) is 0. The maximum Gasteiger partial charge on any atom is 0.232 e. The molecule has 9 nitrogen and oxygen atoms in total. The van der Waals surface area contributed by atoms with Gasteiger partial charge >= 0.3 is 0 Å². The van der Waals surface area contributed by atoms with Crippen LogP contribution in [0.3, 0.4) is 0 Å². The predicted molar refractivity (Wildman–Crippen MR) is 130 cm³/mol. The van der Waals surface area contributed by atoms with E-state index in [1.165, 1.54) is 37.4 Å². The Morgan fingerprint density at radius 3 is 2.53 bits per heavy atom. The average Bonchev–Trinajstić information content (AvgIpc) is 3.10. The number of nitrogens with zero attached hydrogens (tertiary/aromatic N) is 6. The molecule has 0 spiro atoms. The van der Waals surface area contributed by atoms with E-state index in [0.29, 0.717) is 16.2 Å². The molecule has 2 aromatic heterocycles. The molecule has 4 rings (SSSR count). The van der Waals surface area contributed by atoms with E-state index in [9.17, 15) is 0 Å². The van der Waals surface area contributed by atoms with E-state index in [1.807, 2.05) is 6.07 Å². The Morgan fingerprint density at radius 2 is 1.78 bits per heavy atom. The molecule has 11 heteroatoms. The Kier molecular flexibility index (Phi) is 8.83. The molecule has 2 aliphatic heterocycles. The molecule has 0 amide bonds. The summed E-state index contributed by atoms with van der Waals surface area (Å²) in [6.45, 7) is 7.21. The van der Waals surface area contributed by atoms with Crippen LogP contribution in [0.25, 0.3) is 0 Å². The second-order valence-electron chi connectivity index (χ2n) is 7.76. The number of aromatic nitrogens is 4. The first-order valence-corrected chi connectivity index (χ1v) is 12.4. The zero-order valence-corrected chi connectivity index (χ0v) is 19.8. The van der Waals surface area contributed by atoms with Crippen LogP contribution in [-0.2, 0) is 4.74 Å². The molecule has 2 N–H and O–H groups in total. The minimum Gasteiger partial charge on any atom is -0.379 e. The van der Waals surface area contributed by atoms with Crippen LogP contribution in [0.4, 0.5) is 11.8 Å². The number of nitrogens with one attached hydrogen (secondary N) is 2. The van der Waals surface area contributed by atoms with Crippen LogP contribution in [0.1, 0.15) is 25.7 Å². The van der Waals surface area contributed by atoms with Crippen LogP contribution >= 0.6 is 24.0 Å². The number of ether oxygens (including phenoxy) is 1. The van der Waals surface area contributed by atoms with Crippen molar-refractivity contribution in [2.45, 2.75) is 35.9 Å². The third-order valence-electron chi connectivity index (χ3n) is 5.40. The quantitative estimate of drug-likeness (QED) is 0.352. The third kappa shape index (κ3) is 7.22. The van der Waals surface area contributed by atoms with E-state index < -0.39 is 0 Å². The van der Waals surface area contributed by atoms with Crippen LogP contribution in [-0.4, -0.2) is 82.4 Å². The minimum absolute atomic E-state index is 0.494. The Hall–Kier alpha value is -2.08. The zero-order chi connectivity index (χ0) is 22.0. The van der Waals surface area contributed by atoms with Gasteiger partial charge in [0.25, 0.3) is 0 Å². The minimum atomic E-state index is 0.494. The van der Waals surface area contributed by atoms with Crippen LogP contribution < -0.4 is 15.5 Å². The molecular formula is C21H30N8OS2. The number of hydrogen-bond donors (Lipinski definition) is 2. The lowest BCUT2D eigenvalue weighted by Gasteiger charge is -2.26. The largest absolute Gasteiger partial charge is 0.379 e. The molecule has 4 heterocycles. The second-order valence-corrected chi connectivity index (χ2v) is 9.15. The van der Waals surface area contributed by atoms with Crippen molar-refractivity contribution in [3.05, 3.63) is 24.5 Å². The fraction of sp³-hybridized carbons (Fsp3) is 0.571. The Bertz CT molecular complexity index is 858. The molecule has 0 aliphatic carbocycles. The van der Waals surface area contributed by atoms with Gasteiger partial charge in [0.05, 0.1) is 13.2 Å². The van der Waals surface area contributed by atoms with Gasteiger partial charge in [-0.05, 0) is 42.9 Å². The van der Waals surface area contributed by atoms with Gasteiger partial charge in [0, 0.05) is 57.7 Å². The highest BCUT2D eigenvalue weighted by molar-refractivity contribution is 7.99. The summed E-state index contributed by atoms with van der Waals surface area (Å²) in [6.07, 6.45) is 8.36. The maximum atomic E-state index is 5.51. The fourth-order valence-electron chi connectivity index (χ4n) is 3.71. The van der Waals surface area contributed by atoms with Gasteiger partial charge in [-0.1, -0.05) is 12.8 Å². The topological polar surface area (TPSA) is 91.3 Å². The van der Waals surface area contributed by atoms with Crippen LogP contribution in [0.15, 0.2) is 34.7 Å². The molecule has 0 saturated carbocycles. The molecule has 0 atom stereocenters. The van der Waals surface area contributed by atoms with Crippen LogP contribution in [0.2, 0.25) is 0 Å². The van der Waals surface area contributed by atoms with Gasteiger partial charge in [0.1, 0.15) is 10.8 Å². The molecule has 172 valence electrons. The van der Waals surface area contributed by atoms with E-state index in [4.69, 9.17) is 21.9 Å². The van der Waals surface area contributed by atoms with Crippen molar-refractivity contribution >= 4 is 40.9 Å². The first-order valence-electron chi connectivity index (χ1n) is 11.2. The molecule has 32 heavy (non-hydrogen) atoms. The van der Waals surface area contributed by atoms with Crippen molar-refractivity contribution in [2.75, 3.05) is 62.7 Å². The number of thiocarbonyl (C=S) groups is 1. The first-order chi connectivity index (χ1) is 15.8. The van der Waals surface area contributed by atoms with E-state index in [2.05, 4.69) is 35.4 Å². The number of anilines is 2. The summed E-state index contributed by atoms with van der Waals surface area (Å²) < 4.78 is 5.40. The van der Waals surface area contributed by atoms with Gasteiger partial charge < -0.3 is 20.3 Å². The van der Waals surface area contributed by atoms with Crippen LogP contribution in [0, 0.1) is 0 Å². The number of rotatable bonds is 7. The monoisotopic (exact) mass is 474 g/mol. The van der Waals surface area contributed by atoms with Gasteiger partial charge in [-0.15, -0.1) is 0 Å². The van der Waals surface area contributed by atoms with Crippen molar-refractivity contribution in [1.29, 1.82) is 0 Å². The fourth-order valence-corrected chi connectivity index (χ4v) is 4.62. The van der Waals surface area contributed by atoms with Crippen LogP contribution in [0.5, 0.6) is 0 Å². The smallest absolute Gasteiger partial charge is 0.232 e. The molecule has 0 radical (unpaired) electrons. The summed E-state index contributed by atoms with van der Waals surface area (Å²) in [5, 5.41) is 8.42. The lowest BCUT2D eigenvalue weighted by molar-refractivity contribution is 0.0389. The van der Waals surface area contributed by atoms with Gasteiger partial charge in [0.15, 0.2) is 10.3 Å². The highest BCUT2D eigenvalue weighted by Gasteiger charge is 2.16. The summed E-state index contributed by atoms with van der Waals surface area (Å²) >= 11 is 6.93. The second kappa shape index (κ2) is 12.2. The molecule has 0 bridgehead atoms. The molecule has 0 aromatic carbocycles. The molecule has 2 aliphatic rings. The van der Waals surface area contributed by atoms with Gasteiger partial charge in [-0.25, -0.2) is 15.0 Å². The van der Waals surface area contributed by atoms with Gasteiger partial charge in [-0.3, -0.25) is 4.90 Å². The molecule has 2 aromatic rings. The van der Waals surface area contributed by atoms with Crippen molar-refractivity contribution in [1.82, 2.24) is 30.2 Å². The lowest BCUT2D eigenvalue weighted by Crippen LogP contribution is -2.42. The zero-order valence-electron chi connectivity index (χ0n) is 18.2. The maximum absolute atomic E-state index is 5.51. The SMILES string of the molecule is S=C(NCCN1CCOCC1)Nc1nc(Sc2ncccn2)cc(N2CCCCCC2)n1.